The Balaban J connectivity index is 1.01. The van der Waals surface area contributed by atoms with Gasteiger partial charge in [0.15, 0.2) is 0 Å². The lowest BCUT2D eigenvalue weighted by molar-refractivity contribution is -0.384. The van der Waals surface area contributed by atoms with Crippen molar-refractivity contribution in [2.75, 3.05) is 79.9 Å². The molecule has 0 spiro atoms. The van der Waals surface area contributed by atoms with Crippen LogP contribution in [0.4, 0.5) is 37.2 Å². The highest BCUT2D eigenvalue weighted by molar-refractivity contribution is 7.99. The summed E-state index contributed by atoms with van der Waals surface area (Å²) in [5, 5.41) is 17.0. The first-order chi connectivity index (χ1) is 32.0. The molecule has 1 aliphatic carbocycles. The average Bonchev–Trinajstić information content (AvgIpc) is 3.72. The van der Waals surface area contributed by atoms with E-state index in [1.807, 2.05) is 12.1 Å². The molecule has 5 aromatic rings. The smallest absolute Gasteiger partial charge is 0.293 e. The molecule has 3 aliphatic heterocycles. The van der Waals surface area contributed by atoms with Crippen molar-refractivity contribution in [2.45, 2.75) is 61.8 Å². The SMILES string of the molecule is CC1(C)CCC(CN2CCN(c3ccc(C(=O)NS(=O)(=O)c4ccc(NCC5CCOCC5)c([N+](=O)[O-])c4)c(N4CC(F)(F)CSc5nc6[nH]ccc6cc54)c3)CC2)=C(c2ccc(Cl)cc2)C1. The van der Waals surface area contributed by atoms with E-state index in [1.165, 1.54) is 39.8 Å². The van der Waals surface area contributed by atoms with E-state index in [1.54, 1.807) is 30.5 Å². The number of benzene rings is 3. The van der Waals surface area contributed by atoms with Gasteiger partial charge in [-0.15, -0.1) is 0 Å². The van der Waals surface area contributed by atoms with E-state index in [2.05, 4.69) is 55.8 Å². The van der Waals surface area contributed by atoms with E-state index in [0.29, 0.717) is 65.3 Å². The summed E-state index contributed by atoms with van der Waals surface area (Å²) in [6.07, 6.45) is 6.33. The lowest BCUT2D eigenvalue weighted by atomic mass is 9.72. The predicted molar refractivity (Wildman–Crippen MR) is 260 cm³/mol. The topological polar surface area (TPSA) is 166 Å². The lowest BCUT2D eigenvalue weighted by Crippen LogP contribution is -2.47. The number of nitro groups is 1. The summed E-state index contributed by atoms with van der Waals surface area (Å²) in [7, 11) is -4.72. The molecule has 0 radical (unpaired) electrons. The molecule has 0 bridgehead atoms. The van der Waals surface area contributed by atoms with Crippen LogP contribution in [0.15, 0.2) is 94.5 Å². The molecule has 0 unspecified atom stereocenters. The number of amides is 1. The van der Waals surface area contributed by atoms with Crippen LogP contribution in [0.5, 0.6) is 0 Å². The zero-order valence-corrected chi connectivity index (χ0v) is 39.7. The van der Waals surface area contributed by atoms with Crippen LogP contribution >= 0.6 is 23.4 Å². The number of carbonyl (C=O) groups excluding carboxylic acids is 1. The number of fused-ring (bicyclic) bond motifs is 2. The summed E-state index contributed by atoms with van der Waals surface area (Å²) in [5.41, 5.74) is 5.22. The van der Waals surface area contributed by atoms with E-state index < -0.39 is 49.7 Å². The minimum absolute atomic E-state index is 0.0639. The number of ether oxygens (including phenoxy) is 1. The minimum atomic E-state index is -4.72. The number of rotatable bonds is 12. The van der Waals surface area contributed by atoms with Gasteiger partial charge in [-0.2, -0.15) is 0 Å². The average molecular weight is 976 g/mol. The van der Waals surface area contributed by atoms with Gasteiger partial charge < -0.3 is 24.8 Å². The molecule has 9 rings (SSSR count). The maximum atomic E-state index is 15.9. The number of carbonyl (C=O) groups is 1. The normalized spacial score (nSPS) is 19.2. The number of aromatic amines is 1. The third kappa shape index (κ3) is 10.6. The van der Waals surface area contributed by atoms with Crippen molar-refractivity contribution >= 4 is 84.3 Å². The number of pyridine rings is 1. The summed E-state index contributed by atoms with van der Waals surface area (Å²) < 4.78 is 67.1. The fraction of sp³-hybridized carbons (Fsp3) is 0.417. The van der Waals surface area contributed by atoms with Gasteiger partial charge in [-0.05, 0) is 109 Å². The standard InChI is InChI=1S/C48H53ClF2N8O6S2/c1-47(2)15-11-34(39(26-47)32-3-5-35(49)6-4-32)28-56-17-19-57(20-18-56)36-7-9-38(41(24-36)58-29-48(50,51)30-66-46-43(58)23-33-12-16-52-44(33)54-46)45(60)55-67(63,64)37-8-10-40(42(25-37)59(61)62)53-27-31-13-21-65-22-14-31/h3-10,12,16,23-25,31,53H,11,13-15,17-22,26-30H2,1-2H3,(H,52,54)(H,55,60). The Morgan fingerprint density at radius 2 is 1.78 bits per heavy atom. The third-order valence-corrected chi connectivity index (χ3v) is 16.0. The molecule has 2 fully saturated rings. The Hall–Kier alpha value is -5.27. The molecule has 1 amide bonds. The largest absolute Gasteiger partial charge is 0.381 e. The number of sulfonamides is 1. The zero-order chi connectivity index (χ0) is 47.1. The molecule has 2 saturated heterocycles. The Morgan fingerprint density at radius 3 is 2.52 bits per heavy atom. The van der Waals surface area contributed by atoms with Crippen molar-refractivity contribution in [3.8, 4) is 0 Å². The Morgan fingerprint density at radius 1 is 1.01 bits per heavy atom. The Kier molecular flexibility index (Phi) is 13.3. The van der Waals surface area contributed by atoms with Crippen LogP contribution < -0.4 is 19.8 Å². The number of thioether (sulfide) groups is 1. The number of aromatic nitrogens is 2. The van der Waals surface area contributed by atoms with Crippen LogP contribution in [0.1, 0.15) is 61.9 Å². The predicted octanol–water partition coefficient (Wildman–Crippen LogP) is 9.75. The monoisotopic (exact) mass is 974 g/mol. The van der Waals surface area contributed by atoms with Crippen LogP contribution in [-0.2, 0) is 14.8 Å². The zero-order valence-electron chi connectivity index (χ0n) is 37.3. The number of halogens is 3. The molecule has 354 valence electrons. The van der Waals surface area contributed by atoms with Gasteiger partial charge in [-0.3, -0.25) is 19.8 Å². The molecular weight excluding hydrogens is 922 g/mol. The first-order valence-corrected chi connectivity index (χ1v) is 25.4. The minimum Gasteiger partial charge on any atom is -0.381 e. The van der Waals surface area contributed by atoms with Gasteiger partial charge in [0.05, 0.1) is 39.1 Å². The summed E-state index contributed by atoms with van der Waals surface area (Å²) in [6.45, 7) is 8.92. The van der Waals surface area contributed by atoms with Crippen LogP contribution in [0.2, 0.25) is 5.02 Å². The second-order valence-corrected chi connectivity index (χ2v) is 21.7. The molecule has 67 heavy (non-hydrogen) atoms. The lowest BCUT2D eigenvalue weighted by Gasteiger charge is -2.39. The second-order valence-electron chi connectivity index (χ2n) is 18.7. The van der Waals surface area contributed by atoms with E-state index in [9.17, 15) is 23.3 Å². The molecule has 0 atom stereocenters. The molecule has 19 heteroatoms. The maximum absolute atomic E-state index is 15.9. The number of nitro benzene ring substituents is 1. The first-order valence-electron chi connectivity index (χ1n) is 22.5. The van der Waals surface area contributed by atoms with Gasteiger partial charge in [0, 0.05) is 80.8 Å². The molecule has 3 aromatic carbocycles. The van der Waals surface area contributed by atoms with Crippen LogP contribution in [0.3, 0.4) is 0 Å². The first kappa shape index (κ1) is 46.8. The summed E-state index contributed by atoms with van der Waals surface area (Å²) in [6, 6.07) is 19.8. The Labute approximate surface area is 397 Å². The van der Waals surface area contributed by atoms with Gasteiger partial charge in [0.2, 0.25) is 0 Å². The molecule has 4 aliphatic rings. The van der Waals surface area contributed by atoms with Crippen LogP contribution in [-0.4, -0.2) is 105 Å². The summed E-state index contributed by atoms with van der Waals surface area (Å²) in [5.74, 6) is -4.67. The number of allylic oxidation sites excluding steroid dienone is 1. The van der Waals surface area contributed by atoms with Crippen molar-refractivity contribution in [1.29, 1.82) is 0 Å². The quantitative estimate of drug-likeness (QED) is 0.0802. The van der Waals surface area contributed by atoms with Gasteiger partial charge >= 0.3 is 0 Å². The van der Waals surface area contributed by atoms with Crippen LogP contribution in [0.25, 0.3) is 16.6 Å². The number of anilines is 4. The highest BCUT2D eigenvalue weighted by atomic mass is 35.5. The second kappa shape index (κ2) is 19.0. The van der Waals surface area contributed by atoms with E-state index in [4.69, 9.17) is 16.3 Å². The van der Waals surface area contributed by atoms with E-state index in [0.717, 1.165) is 69.6 Å². The number of hydrogen-bond acceptors (Lipinski definition) is 12. The fourth-order valence-electron chi connectivity index (χ4n) is 9.45. The number of alkyl halides is 2. The summed E-state index contributed by atoms with van der Waals surface area (Å²) >= 11 is 7.16. The molecular formula is C48H53ClF2N8O6S2. The van der Waals surface area contributed by atoms with Gasteiger partial charge in [-0.1, -0.05) is 54.9 Å². The maximum Gasteiger partial charge on any atom is 0.293 e. The third-order valence-electron chi connectivity index (χ3n) is 13.3. The van der Waals surface area contributed by atoms with Gasteiger partial charge in [0.1, 0.15) is 16.4 Å². The van der Waals surface area contributed by atoms with Gasteiger partial charge in [0.25, 0.3) is 27.5 Å². The molecule has 14 nitrogen and oxygen atoms in total. The van der Waals surface area contributed by atoms with E-state index >= 15 is 8.78 Å². The van der Waals surface area contributed by atoms with Crippen molar-refractivity contribution < 1.29 is 31.7 Å². The highest BCUT2D eigenvalue weighted by Crippen LogP contribution is 2.46. The van der Waals surface area contributed by atoms with Crippen molar-refractivity contribution in [1.82, 2.24) is 19.6 Å². The molecule has 5 heterocycles. The summed E-state index contributed by atoms with van der Waals surface area (Å²) in [4.78, 5) is 39.0. The van der Waals surface area contributed by atoms with Crippen LogP contribution in [0, 0.1) is 21.4 Å². The molecule has 3 N–H and O–H groups in total. The number of H-pyrrole nitrogens is 1. The molecule has 2 aromatic heterocycles. The van der Waals surface area contributed by atoms with Crippen molar-refractivity contribution in [3.63, 3.8) is 0 Å². The number of nitrogens with zero attached hydrogens (tertiary/aromatic N) is 5. The van der Waals surface area contributed by atoms with E-state index in [-0.39, 0.29) is 28.3 Å². The fourth-order valence-corrected chi connectivity index (χ4v) is 11.5. The van der Waals surface area contributed by atoms with Crippen molar-refractivity contribution in [3.05, 3.63) is 111 Å². The molecule has 0 saturated carbocycles. The van der Waals surface area contributed by atoms with Gasteiger partial charge in [-0.25, -0.2) is 26.9 Å². The Bertz CT molecular complexity index is 2830. The number of nitrogens with one attached hydrogen (secondary N) is 3. The van der Waals surface area contributed by atoms with Crippen molar-refractivity contribution in [2.24, 2.45) is 11.3 Å². The number of piperazine rings is 1. The number of hydrogen-bond donors (Lipinski definition) is 3. The highest BCUT2D eigenvalue weighted by Gasteiger charge is 2.39.